The number of hydrogen-bond donors (Lipinski definition) is 2. The summed E-state index contributed by atoms with van der Waals surface area (Å²) in [6.45, 7) is 2.09. The van der Waals surface area contributed by atoms with E-state index in [9.17, 15) is 9.90 Å². The highest BCUT2D eigenvalue weighted by molar-refractivity contribution is 7.99. The van der Waals surface area contributed by atoms with E-state index in [0.717, 1.165) is 43.4 Å². The minimum atomic E-state index is -0.873. The van der Waals surface area contributed by atoms with Gasteiger partial charge in [-0.05, 0) is 31.6 Å². The van der Waals surface area contributed by atoms with Gasteiger partial charge < -0.3 is 14.8 Å². The fourth-order valence-electron chi connectivity index (χ4n) is 2.51. The van der Waals surface area contributed by atoms with Crippen molar-refractivity contribution < 1.29 is 15.0 Å². The van der Waals surface area contributed by atoms with Crippen LogP contribution in [0.15, 0.2) is 5.16 Å². The molecule has 1 aliphatic carbocycles. The van der Waals surface area contributed by atoms with E-state index in [1.165, 1.54) is 0 Å². The molecule has 0 saturated heterocycles. The molecule has 0 aromatic carbocycles. The maximum atomic E-state index is 10.7. The third-order valence-electron chi connectivity index (χ3n) is 3.55. The zero-order valence-electron chi connectivity index (χ0n) is 10.9. The average molecular weight is 285 g/mol. The number of aliphatic carboxylic acids is 1. The van der Waals surface area contributed by atoms with E-state index in [4.69, 9.17) is 5.11 Å². The lowest BCUT2D eigenvalue weighted by Crippen LogP contribution is -2.19. The van der Waals surface area contributed by atoms with Crippen LogP contribution in [0.2, 0.25) is 0 Å². The maximum absolute atomic E-state index is 10.7. The van der Waals surface area contributed by atoms with Crippen LogP contribution in [0, 0.1) is 5.92 Å². The van der Waals surface area contributed by atoms with Crippen molar-refractivity contribution in [3.63, 3.8) is 0 Å². The largest absolute Gasteiger partial charge is 0.481 e. The number of carboxylic acid groups (broad SMARTS) is 1. The molecule has 1 aromatic heterocycles. The van der Waals surface area contributed by atoms with Gasteiger partial charge >= 0.3 is 5.97 Å². The summed E-state index contributed by atoms with van der Waals surface area (Å²) >= 11 is 1.16. The molecule has 2 rings (SSSR count). The van der Waals surface area contributed by atoms with Crippen LogP contribution >= 0.6 is 11.8 Å². The second-order valence-corrected chi connectivity index (χ2v) is 5.97. The molecule has 1 aliphatic rings. The number of rotatable bonds is 5. The molecule has 0 aliphatic heterocycles. The molecule has 0 amide bonds. The van der Waals surface area contributed by atoms with Gasteiger partial charge in [-0.15, -0.1) is 10.2 Å². The van der Waals surface area contributed by atoms with Crippen LogP contribution in [0.3, 0.4) is 0 Å². The van der Waals surface area contributed by atoms with Crippen LogP contribution in [0.5, 0.6) is 0 Å². The first-order valence-electron chi connectivity index (χ1n) is 6.51. The Morgan fingerprint density at radius 2 is 2.05 bits per heavy atom. The quantitative estimate of drug-likeness (QED) is 0.801. The van der Waals surface area contributed by atoms with E-state index in [-0.39, 0.29) is 18.4 Å². The van der Waals surface area contributed by atoms with Gasteiger partial charge in [0.1, 0.15) is 6.61 Å². The number of carbonyl (C=O) groups is 1. The number of nitrogens with zero attached hydrogens (tertiary/aromatic N) is 3. The van der Waals surface area contributed by atoms with Crippen molar-refractivity contribution in [2.75, 3.05) is 5.75 Å². The summed E-state index contributed by atoms with van der Waals surface area (Å²) in [5, 5.41) is 26.7. The molecule has 106 valence electrons. The second kappa shape index (κ2) is 6.38. The molecular weight excluding hydrogens is 266 g/mol. The molecule has 19 heavy (non-hydrogen) atoms. The summed E-state index contributed by atoms with van der Waals surface area (Å²) in [6.07, 6.45) is 4.37. The molecular formula is C12H19N3O3S. The first-order chi connectivity index (χ1) is 9.11. The summed E-state index contributed by atoms with van der Waals surface area (Å²) in [7, 11) is 0. The lowest BCUT2D eigenvalue weighted by molar-refractivity contribution is -0.133. The molecule has 0 radical (unpaired) electrons. The van der Waals surface area contributed by atoms with E-state index in [1.807, 2.05) is 4.57 Å². The van der Waals surface area contributed by atoms with Crippen molar-refractivity contribution in [1.82, 2.24) is 14.8 Å². The summed E-state index contributed by atoms with van der Waals surface area (Å²) in [4.78, 5) is 10.7. The minimum Gasteiger partial charge on any atom is -0.481 e. The molecule has 0 spiro atoms. The SMILES string of the molecule is CC1CCC(n2c(CO)nnc2SCC(=O)O)CC1. The highest BCUT2D eigenvalue weighted by Gasteiger charge is 2.25. The third-order valence-corrected chi connectivity index (χ3v) is 4.48. The third kappa shape index (κ3) is 3.48. The van der Waals surface area contributed by atoms with Crippen LogP contribution in [0.4, 0.5) is 0 Å². The molecule has 0 bridgehead atoms. The Kier molecular flexibility index (Phi) is 4.81. The Morgan fingerprint density at radius 1 is 1.37 bits per heavy atom. The van der Waals surface area contributed by atoms with Crippen LogP contribution in [0.25, 0.3) is 0 Å². The van der Waals surface area contributed by atoms with Gasteiger partial charge in [0.25, 0.3) is 0 Å². The standard InChI is InChI=1S/C12H19N3O3S/c1-8-2-4-9(5-3-8)15-10(6-16)13-14-12(15)19-7-11(17)18/h8-9,16H,2-7H2,1H3,(H,17,18). The number of hydrogen-bond acceptors (Lipinski definition) is 5. The van der Waals surface area contributed by atoms with Gasteiger partial charge in [-0.25, -0.2) is 0 Å². The van der Waals surface area contributed by atoms with Gasteiger partial charge in [-0.1, -0.05) is 18.7 Å². The number of carboxylic acids is 1. The smallest absolute Gasteiger partial charge is 0.313 e. The van der Waals surface area contributed by atoms with Crippen molar-refractivity contribution in [1.29, 1.82) is 0 Å². The normalized spacial score (nSPS) is 23.5. The van der Waals surface area contributed by atoms with E-state index < -0.39 is 5.97 Å². The van der Waals surface area contributed by atoms with Gasteiger partial charge in [0.2, 0.25) is 0 Å². The molecule has 1 fully saturated rings. The topological polar surface area (TPSA) is 88.2 Å². The molecule has 2 N–H and O–H groups in total. The van der Waals surface area contributed by atoms with E-state index in [2.05, 4.69) is 17.1 Å². The number of aliphatic hydroxyl groups is 1. The fourth-order valence-corrected chi connectivity index (χ4v) is 3.25. The first-order valence-corrected chi connectivity index (χ1v) is 7.49. The van der Waals surface area contributed by atoms with Crippen molar-refractivity contribution in [3.05, 3.63) is 5.82 Å². The molecule has 6 nitrogen and oxygen atoms in total. The monoisotopic (exact) mass is 285 g/mol. The van der Waals surface area contributed by atoms with Gasteiger partial charge in [-0.2, -0.15) is 0 Å². The number of aliphatic hydroxyl groups excluding tert-OH is 1. The van der Waals surface area contributed by atoms with Crippen molar-refractivity contribution >= 4 is 17.7 Å². The molecule has 0 unspecified atom stereocenters. The lowest BCUT2D eigenvalue weighted by atomic mass is 9.87. The van der Waals surface area contributed by atoms with Gasteiger partial charge in [-0.3, -0.25) is 4.79 Å². The Balaban J connectivity index is 2.16. The van der Waals surface area contributed by atoms with Crippen molar-refractivity contribution in [3.8, 4) is 0 Å². The Morgan fingerprint density at radius 3 is 2.63 bits per heavy atom. The lowest BCUT2D eigenvalue weighted by Gasteiger charge is -2.28. The predicted molar refractivity (Wildman–Crippen MR) is 71.0 cm³/mol. The highest BCUT2D eigenvalue weighted by atomic mass is 32.2. The average Bonchev–Trinajstić information content (AvgIpc) is 2.80. The van der Waals surface area contributed by atoms with Crippen LogP contribution in [-0.4, -0.2) is 36.7 Å². The number of thioether (sulfide) groups is 1. The summed E-state index contributed by atoms with van der Waals surface area (Å²) < 4.78 is 1.93. The zero-order valence-corrected chi connectivity index (χ0v) is 11.8. The highest BCUT2D eigenvalue weighted by Crippen LogP contribution is 2.35. The van der Waals surface area contributed by atoms with Gasteiger partial charge in [0.05, 0.1) is 5.75 Å². The second-order valence-electron chi connectivity index (χ2n) is 5.02. The van der Waals surface area contributed by atoms with E-state index >= 15 is 0 Å². The summed E-state index contributed by atoms with van der Waals surface area (Å²) in [6, 6.07) is 0.282. The summed E-state index contributed by atoms with van der Waals surface area (Å²) in [5.41, 5.74) is 0. The first kappa shape index (κ1) is 14.3. The van der Waals surface area contributed by atoms with Gasteiger partial charge in [0.15, 0.2) is 11.0 Å². The molecule has 1 heterocycles. The minimum absolute atomic E-state index is 0.0350. The Bertz CT molecular complexity index is 441. The van der Waals surface area contributed by atoms with Crippen LogP contribution < -0.4 is 0 Å². The zero-order chi connectivity index (χ0) is 13.8. The van der Waals surface area contributed by atoms with Gasteiger partial charge in [0, 0.05) is 6.04 Å². The van der Waals surface area contributed by atoms with Crippen LogP contribution in [0.1, 0.15) is 44.5 Å². The summed E-state index contributed by atoms with van der Waals surface area (Å²) in [5.74, 6) is 0.363. The molecule has 0 atom stereocenters. The van der Waals surface area contributed by atoms with Crippen molar-refractivity contribution in [2.24, 2.45) is 5.92 Å². The fraction of sp³-hybridized carbons (Fsp3) is 0.750. The van der Waals surface area contributed by atoms with Crippen LogP contribution in [-0.2, 0) is 11.4 Å². The molecule has 1 saturated carbocycles. The Hall–Kier alpha value is -1.08. The Labute approximate surface area is 116 Å². The predicted octanol–water partition coefficient (Wildman–Crippen LogP) is 1.70. The van der Waals surface area contributed by atoms with Crippen molar-refractivity contribution in [2.45, 2.75) is 50.4 Å². The number of aromatic nitrogens is 3. The molecule has 1 aromatic rings. The van der Waals surface area contributed by atoms with E-state index in [0.29, 0.717) is 11.0 Å². The maximum Gasteiger partial charge on any atom is 0.313 e. The van der Waals surface area contributed by atoms with E-state index in [1.54, 1.807) is 0 Å². The molecule has 7 heteroatoms.